The largest absolute Gasteiger partial charge is 0.444 e. The molecule has 0 aromatic carbocycles. The van der Waals surface area contributed by atoms with E-state index >= 15 is 0 Å². The van der Waals surface area contributed by atoms with Crippen LogP contribution in [0.2, 0.25) is 0 Å². The molecule has 1 fully saturated rings. The first-order valence-electron chi connectivity index (χ1n) is 9.71. The minimum absolute atomic E-state index is 0.0158. The Labute approximate surface area is 163 Å². The van der Waals surface area contributed by atoms with E-state index in [4.69, 9.17) is 4.74 Å². The maximum absolute atomic E-state index is 12.4. The summed E-state index contributed by atoms with van der Waals surface area (Å²) >= 11 is 0. The van der Waals surface area contributed by atoms with Crippen molar-refractivity contribution in [3.05, 3.63) is 11.6 Å². The van der Waals surface area contributed by atoms with Gasteiger partial charge in [-0.25, -0.2) is 4.79 Å². The van der Waals surface area contributed by atoms with Crippen LogP contribution in [0.1, 0.15) is 54.4 Å². The van der Waals surface area contributed by atoms with Crippen molar-refractivity contribution in [2.75, 3.05) is 32.7 Å². The van der Waals surface area contributed by atoms with E-state index < -0.39 is 11.7 Å². The predicted molar refractivity (Wildman–Crippen MR) is 105 cm³/mol. The second-order valence-electron chi connectivity index (χ2n) is 8.28. The molecule has 7 heteroatoms. The monoisotopic (exact) mass is 381 g/mol. The molecule has 7 nitrogen and oxygen atoms in total. The molecule has 0 bridgehead atoms. The van der Waals surface area contributed by atoms with Gasteiger partial charge in [0.1, 0.15) is 5.60 Å². The standard InChI is InChI=1S/C20H35N3O4/c1-15(2)16(3)14-18(25)23-11-7-10-22(12-13-23)17(24)8-9-21-19(26)27-20(4,5)6/h14-15H,7-13H2,1-6H3,(H,21,26)/b16-14+. The lowest BCUT2D eigenvalue weighted by atomic mass is 10.1. The quantitative estimate of drug-likeness (QED) is 0.743. The first-order chi connectivity index (χ1) is 12.5. The predicted octanol–water partition coefficient (Wildman–Crippen LogP) is 2.56. The summed E-state index contributed by atoms with van der Waals surface area (Å²) in [5.41, 5.74) is 0.502. The summed E-state index contributed by atoms with van der Waals surface area (Å²) in [6, 6.07) is 0. The number of allylic oxidation sites excluding steroid dienone is 1. The Balaban J connectivity index is 2.43. The van der Waals surface area contributed by atoms with Crippen molar-refractivity contribution in [1.29, 1.82) is 0 Å². The minimum atomic E-state index is -0.558. The molecule has 0 aliphatic carbocycles. The normalized spacial score (nSPS) is 16.2. The Hall–Kier alpha value is -2.05. The van der Waals surface area contributed by atoms with Crippen LogP contribution in [-0.2, 0) is 14.3 Å². The Kier molecular flexibility index (Phi) is 8.79. The molecule has 0 unspecified atom stereocenters. The van der Waals surface area contributed by atoms with Crippen LogP contribution in [0.5, 0.6) is 0 Å². The first kappa shape index (κ1) is 23.0. The summed E-state index contributed by atoms with van der Waals surface area (Å²) < 4.78 is 5.15. The molecule has 27 heavy (non-hydrogen) atoms. The summed E-state index contributed by atoms with van der Waals surface area (Å²) in [7, 11) is 0. The number of alkyl carbamates (subject to hydrolysis) is 1. The Morgan fingerprint density at radius 2 is 1.67 bits per heavy atom. The number of nitrogens with zero attached hydrogens (tertiary/aromatic N) is 2. The van der Waals surface area contributed by atoms with Gasteiger partial charge < -0.3 is 19.9 Å². The molecule has 1 rings (SSSR count). The van der Waals surface area contributed by atoms with Crippen LogP contribution >= 0.6 is 0 Å². The van der Waals surface area contributed by atoms with Crippen molar-refractivity contribution in [2.24, 2.45) is 5.92 Å². The van der Waals surface area contributed by atoms with Crippen LogP contribution in [0.15, 0.2) is 11.6 Å². The maximum atomic E-state index is 12.4. The zero-order valence-electron chi connectivity index (χ0n) is 17.6. The fraction of sp³-hybridized carbons (Fsp3) is 0.750. The zero-order chi connectivity index (χ0) is 20.6. The van der Waals surface area contributed by atoms with Gasteiger partial charge in [0.15, 0.2) is 0 Å². The number of carbonyl (C=O) groups is 3. The lowest BCUT2D eigenvalue weighted by Gasteiger charge is -2.22. The number of carbonyl (C=O) groups excluding carboxylic acids is 3. The third-order valence-corrected chi connectivity index (χ3v) is 4.43. The highest BCUT2D eigenvalue weighted by atomic mass is 16.6. The maximum Gasteiger partial charge on any atom is 0.407 e. The molecule has 0 spiro atoms. The first-order valence-corrected chi connectivity index (χ1v) is 9.71. The van der Waals surface area contributed by atoms with Gasteiger partial charge in [-0.2, -0.15) is 0 Å². The molecule has 1 N–H and O–H groups in total. The van der Waals surface area contributed by atoms with E-state index in [1.807, 2.05) is 6.92 Å². The van der Waals surface area contributed by atoms with Crippen LogP contribution in [-0.4, -0.2) is 66.0 Å². The molecule has 1 heterocycles. The van der Waals surface area contributed by atoms with E-state index in [9.17, 15) is 14.4 Å². The summed E-state index contributed by atoms with van der Waals surface area (Å²) in [5.74, 6) is 0.341. The van der Waals surface area contributed by atoms with Gasteiger partial charge in [-0.1, -0.05) is 19.4 Å². The topological polar surface area (TPSA) is 79.0 Å². The SMILES string of the molecule is C/C(=C\C(=O)N1CCCN(C(=O)CCNC(=O)OC(C)(C)C)CC1)C(C)C. The number of nitrogens with one attached hydrogen (secondary N) is 1. The average Bonchev–Trinajstić information content (AvgIpc) is 2.78. The van der Waals surface area contributed by atoms with Crippen LogP contribution in [0.3, 0.4) is 0 Å². The van der Waals surface area contributed by atoms with Crippen molar-refractivity contribution in [2.45, 2.75) is 60.0 Å². The van der Waals surface area contributed by atoms with Gasteiger partial charge in [-0.15, -0.1) is 0 Å². The van der Waals surface area contributed by atoms with Gasteiger partial charge in [-0.3, -0.25) is 9.59 Å². The average molecular weight is 382 g/mol. The molecular formula is C20H35N3O4. The molecule has 0 atom stereocenters. The lowest BCUT2D eigenvalue weighted by Crippen LogP contribution is -2.39. The summed E-state index contributed by atoms with van der Waals surface area (Å²) in [4.78, 5) is 40.0. The van der Waals surface area contributed by atoms with E-state index in [1.54, 1.807) is 36.6 Å². The van der Waals surface area contributed by atoms with Crippen LogP contribution in [0.25, 0.3) is 0 Å². The van der Waals surface area contributed by atoms with E-state index in [0.717, 1.165) is 12.0 Å². The van der Waals surface area contributed by atoms with Crippen LogP contribution < -0.4 is 5.32 Å². The van der Waals surface area contributed by atoms with Gasteiger partial charge in [0.25, 0.3) is 0 Å². The third-order valence-electron chi connectivity index (χ3n) is 4.43. The van der Waals surface area contributed by atoms with Crippen molar-refractivity contribution < 1.29 is 19.1 Å². The number of hydrogen-bond acceptors (Lipinski definition) is 4. The molecule has 1 aliphatic heterocycles. The molecule has 154 valence electrons. The Morgan fingerprint density at radius 3 is 2.26 bits per heavy atom. The van der Waals surface area contributed by atoms with Crippen molar-refractivity contribution in [1.82, 2.24) is 15.1 Å². The Bertz CT molecular complexity index is 564. The molecule has 3 amide bonds. The zero-order valence-corrected chi connectivity index (χ0v) is 17.6. The number of amides is 3. The fourth-order valence-electron chi connectivity index (χ4n) is 2.58. The van der Waals surface area contributed by atoms with Gasteiger partial charge in [0.2, 0.25) is 11.8 Å². The molecule has 0 radical (unpaired) electrons. The second kappa shape index (κ2) is 10.3. The van der Waals surface area contributed by atoms with Crippen molar-refractivity contribution in [3.8, 4) is 0 Å². The highest BCUT2D eigenvalue weighted by Gasteiger charge is 2.22. The van der Waals surface area contributed by atoms with E-state index in [1.165, 1.54) is 0 Å². The molecule has 1 saturated heterocycles. The number of hydrogen-bond donors (Lipinski definition) is 1. The third kappa shape index (κ3) is 8.93. The number of rotatable bonds is 5. The minimum Gasteiger partial charge on any atom is -0.444 e. The smallest absolute Gasteiger partial charge is 0.407 e. The van der Waals surface area contributed by atoms with Gasteiger partial charge in [0, 0.05) is 45.2 Å². The molecule has 0 aromatic heterocycles. The summed E-state index contributed by atoms with van der Waals surface area (Å²) in [6.45, 7) is 14.0. The van der Waals surface area contributed by atoms with Crippen molar-refractivity contribution >= 4 is 17.9 Å². The Morgan fingerprint density at radius 1 is 1.07 bits per heavy atom. The van der Waals surface area contributed by atoms with Gasteiger partial charge in [-0.05, 0) is 40.0 Å². The van der Waals surface area contributed by atoms with E-state index in [0.29, 0.717) is 32.1 Å². The molecule has 0 saturated carbocycles. The highest BCUT2D eigenvalue weighted by Crippen LogP contribution is 2.11. The van der Waals surface area contributed by atoms with Gasteiger partial charge in [0.05, 0.1) is 0 Å². The summed E-state index contributed by atoms with van der Waals surface area (Å²) in [5, 5.41) is 2.60. The molecule has 1 aliphatic rings. The summed E-state index contributed by atoms with van der Waals surface area (Å²) in [6.07, 6.45) is 2.16. The van der Waals surface area contributed by atoms with Crippen LogP contribution in [0, 0.1) is 5.92 Å². The van der Waals surface area contributed by atoms with Crippen molar-refractivity contribution in [3.63, 3.8) is 0 Å². The number of ether oxygens (including phenoxy) is 1. The fourth-order valence-corrected chi connectivity index (χ4v) is 2.58. The highest BCUT2D eigenvalue weighted by molar-refractivity contribution is 5.88. The molecular weight excluding hydrogens is 346 g/mol. The van der Waals surface area contributed by atoms with E-state index in [-0.39, 0.29) is 24.8 Å². The van der Waals surface area contributed by atoms with Crippen LogP contribution in [0.4, 0.5) is 4.79 Å². The second-order valence-corrected chi connectivity index (χ2v) is 8.28. The molecule has 0 aromatic rings. The lowest BCUT2D eigenvalue weighted by molar-refractivity contribution is -0.131. The van der Waals surface area contributed by atoms with E-state index in [2.05, 4.69) is 19.2 Å². The van der Waals surface area contributed by atoms with Gasteiger partial charge >= 0.3 is 6.09 Å².